The van der Waals surface area contributed by atoms with Crippen LogP contribution in [0.1, 0.15) is 47.6 Å². The molecule has 5 nitrogen and oxygen atoms in total. The number of amides is 1. The lowest BCUT2D eigenvalue weighted by Gasteiger charge is -2.33. The van der Waals surface area contributed by atoms with Gasteiger partial charge in [0, 0.05) is 17.1 Å². The molecule has 1 amide bonds. The van der Waals surface area contributed by atoms with Crippen molar-refractivity contribution in [2.45, 2.75) is 32.2 Å². The molecule has 24 heavy (non-hydrogen) atoms. The molecule has 1 aliphatic heterocycles. The Labute approximate surface area is 145 Å². The zero-order chi connectivity index (χ0) is 16.9. The molecule has 1 atom stereocenters. The van der Waals surface area contributed by atoms with Gasteiger partial charge >= 0.3 is 0 Å². The lowest BCUT2D eigenvalue weighted by molar-refractivity contribution is -0.118. The smallest absolute Gasteiger partial charge is 0.238 e. The molecule has 2 heterocycles. The SMILES string of the molecule is CC(=O)c1ccccc1NC(=O)CN1CCCCC1c1nccs1. The van der Waals surface area contributed by atoms with Gasteiger partial charge in [-0.3, -0.25) is 14.5 Å². The Balaban J connectivity index is 1.69. The summed E-state index contributed by atoms with van der Waals surface area (Å²) in [6.45, 7) is 2.72. The van der Waals surface area contributed by atoms with Gasteiger partial charge in [-0.1, -0.05) is 18.6 Å². The maximum absolute atomic E-state index is 12.5. The average Bonchev–Trinajstić information content (AvgIpc) is 3.10. The number of anilines is 1. The number of para-hydroxylation sites is 1. The molecule has 3 rings (SSSR count). The third-order valence-electron chi connectivity index (χ3n) is 4.28. The molecule has 2 aromatic rings. The zero-order valence-electron chi connectivity index (χ0n) is 13.7. The first-order valence-electron chi connectivity index (χ1n) is 8.18. The number of nitrogens with one attached hydrogen (secondary N) is 1. The summed E-state index contributed by atoms with van der Waals surface area (Å²) < 4.78 is 0. The van der Waals surface area contributed by atoms with E-state index in [-0.39, 0.29) is 17.7 Å². The van der Waals surface area contributed by atoms with Gasteiger partial charge in [-0.05, 0) is 38.4 Å². The van der Waals surface area contributed by atoms with E-state index < -0.39 is 0 Å². The molecule has 1 fully saturated rings. The van der Waals surface area contributed by atoms with Crippen molar-refractivity contribution >= 4 is 28.7 Å². The van der Waals surface area contributed by atoms with Gasteiger partial charge < -0.3 is 5.32 Å². The summed E-state index contributed by atoms with van der Waals surface area (Å²) in [4.78, 5) is 30.8. The third-order valence-corrected chi connectivity index (χ3v) is 5.15. The minimum absolute atomic E-state index is 0.0514. The molecule has 1 aromatic carbocycles. The maximum Gasteiger partial charge on any atom is 0.238 e. The van der Waals surface area contributed by atoms with E-state index >= 15 is 0 Å². The molecule has 126 valence electrons. The van der Waals surface area contributed by atoms with E-state index in [9.17, 15) is 9.59 Å². The zero-order valence-corrected chi connectivity index (χ0v) is 14.5. The van der Waals surface area contributed by atoms with Crippen molar-refractivity contribution in [2.24, 2.45) is 0 Å². The number of rotatable bonds is 5. The van der Waals surface area contributed by atoms with Gasteiger partial charge in [0.15, 0.2) is 5.78 Å². The second-order valence-electron chi connectivity index (χ2n) is 6.00. The van der Waals surface area contributed by atoms with Crippen LogP contribution in [0.5, 0.6) is 0 Å². The number of hydrogen-bond acceptors (Lipinski definition) is 5. The minimum atomic E-state index is -0.0906. The highest BCUT2D eigenvalue weighted by Crippen LogP contribution is 2.31. The Bertz CT molecular complexity index is 715. The molecule has 0 spiro atoms. The number of nitrogens with zero attached hydrogens (tertiary/aromatic N) is 2. The molecule has 0 radical (unpaired) electrons. The van der Waals surface area contributed by atoms with Crippen LogP contribution in [-0.4, -0.2) is 34.7 Å². The molecule has 0 bridgehead atoms. The van der Waals surface area contributed by atoms with Crippen LogP contribution in [0.25, 0.3) is 0 Å². The molecular weight excluding hydrogens is 322 g/mol. The summed E-state index contributed by atoms with van der Waals surface area (Å²) in [5.41, 5.74) is 1.12. The van der Waals surface area contributed by atoms with E-state index in [1.165, 1.54) is 6.92 Å². The molecule has 0 aliphatic carbocycles. The van der Waals surface area contributed by atoms with Crippen molar-refractivity contribution in [1.82, 2.24) is 9.88 Å². The summed E-state index contributed by atoms with van der Waals surface area (Å²) in [5, 5.41) is 5.94. The Morgan fingerprint density at radius 1 is 1.33 bits per heavy atom. The van der Waals surface area contributed by atoms with E-state index in [0.717, 1.165) is 30.8 Å². The van der Waals surface area contributed by atoms with E-state index in [4.69, 9.17) is 0 Å². The topological polar surface area (TPSA) is 62.3 Å². The van der Waals surface area contributed by atoms with Crippen LogP contribution >= 0.6 is 11.3 Å². The van der Waals surface area contributed by atoms with Crippen molar-refractivity contribution in [2.75, 3.05) is 18.4 Å². The van der Waals surface area contributed by atoms with Crippen LogP contribution in [0.4, 0.5) is 5.69 Å². The van der Waals surface area contributed by atoms with Gasteiger partial charge in [0.05, 0.1) is 18.3 Å². The molecule has 0 saturated carbocycles. The number of carbonyl (C=O) groups is 2. The summed E-state index contributed by atoms with van der Waals surface area (Å²) in [5.74, 6) is -0.142. The lowest BCUT2D eigenvalue weighted by atomic mass is 10.0. The van der Waals surface area contributed by atoms with E-state index in [0.29, 0.717) is 17.8 Å². The summed E-state index contributed by atoms with van der Waals surface area (Å²) in [7, 11) is 0. The van der Waals surface area contributed by atoms with Crippen molar-refractivity contribution < 1.29 is 9.59 Å². The van der Waals surface area contributed by atoms with Crippen LogP contribution in [-0.2, 0) is 4.79 Å². The lowest BCUT2D eigenvalue weighted by Crippen LogP contribution is -2.39. The van der Waals surface area contributed by atoms with Gasteiger partial charge in [-0.25, -0.2) is 4.98 Å². The van der Waals surface area contributed by atoms with Crippen molar-refractivity contribution in [3.63, 3.8) is 0 Å². The van der Waals surface area contributed by atoms with Crippen molar-refractivity contribution in [3.05, 3.63) is 46.4 Å². The molecule has 1 unspecified atom stereocenters. The quantitative estimate of drug-likeness (QED) is 0.844. The predicted octanol–water partition coefficient (Wildman–Crippen LogP) is 3.51. The second kappa shape index (κ2) is 7.68. The summed E-state index contributed by atoms with van der Waals surface area (Å²) in [6.07, 6.45) is 5.11. The highest BCUT2D eigenvalue weighted by atomic mass is 32.1. The Morgan fingerprint density at radius 2 is 2.17 bits per heavy atom. The van der Waals surface area contributed by atoms with E-state index in [2.05, 4.69) is 15.2 Å². The molecule has 1 aliphatic rings. The average molecular weight is 343 g/mol. The molecule has 6 heteroatoms. The highest BCUT2D eigenvalue weighted by molar-refractivity contribution is 7.09. The van der Waals surface area contributed by atoms with Gasteiger partial charge in [-0.2, -0.15) is 0 Å². The Kier molecular flexibility index (Phi) is 5.37. The molecular formula is C18H21N3O2S. The normalized spacial score (nSPS) is 18.3. The number of hydrogen-bond donors (Lipinski definition) is 1. The number of benzene rings is 1. The summed E-state index contributed by atoms with van der Waals surface area (Å²) >= 11 is 1.64. The van der Waals surface area contributed by atoms with Crippen LogP contribution < -0.4 is 5.32 Å². The second-order valence-corrected chi connectivity index (χ2v) is 6.93. The van der Waals surface area contributed by atoms with Crippen LogP contribution in [0, 0.1) is 0 Å². The monoisotopic (exact) mass is 343 g/mol. The number of aromatic nitrogens is 1. The number of Topliss-reactive ketones (excluding diaryl/α,β-unsaturated/α-hetero) is 1. The molecule has 1 saturated heterocycles. The first kappa shape index (κ1) is 16.8. The Morgan fingerprint density at radius 3 is 2.92 bits per heavy atom. The van der Waals surface area contributed by atoms with Gasteiger partial charge in [0.1, 0.15) is 5.01 Å². The first-order valence-corrected chi connectivity index (χ1v) is 9.06. The standard InChI is InChI=1S/C18H21N3O2S/c1-13(22)14-6-2-3-7-15(14)20-17(23)12-21-10-5-4-8-16(21)18-19-9-11-24-18/h2-3,6-7,9,11,16H,4-5,8,10,12H2,1H3,(H,20,23). The van der Waals surface area contributed by atoms with Crippen molar-refractivity contribution in [3.8, 4) is 0 Å². The van der Waals surface area contributed by atoms with Crippen LogP contribution in [0.15, 0.2) is 35.8 Å². The van der Waals surface area contributed by atoms with Crippen LogP contribution in [0.3, 0.4) is 0 Å². The van der Waals surface area contributed by atoms with E-state index in [1.807, 2.05) is 17.6 Å². The fourth-order valence-corrected chi connectivity index (χ4v) is 3.94. The van der Waals surface area contributed by atoms with Crippen molar-refractivity contribution in [1.29, 1.82) is 0 Å². The van der Waals surface area contributed by atoms with E-state index in [1.54, 1.807) is 29.5 Å². The Hall–Kier alpha value is -2.05. The first-order chi connectivity index (χ1) is 11.6. The minimum Gasteiger partial charge on any atom is -0.324 e. The van der Waals surface area contributed by atoms with Gasteiger partial charge in [-0.15, -0.1) is 11.3 Å². The summed E-state index contributed by atoms with van der Waals surface area (Å²) in [6, 6.07) is 7.34. The predicted molar refractivity (Wildman–Crippen MR) is 95.4 cm³/mol. The number of thiazole rings is 1. The fourth-order valence-electron chi connectivity index (χ4n) is 3.13. The number of carbonyl (C=O) groups excluding carboxylic acids is 2. The third kappa shape index (κ3) is 3.88. The fraction of sp³-hybridized carbons (Fsp3) is 0.389. The van der Waals surface area contributed by atoms with Crippen LogP contribution in [0.2, 0.25) is 0 Å². The number of ketones is 1. The highest BCUT2D eigenvalue weighted by Gasteiger charge is 2.27. The van der Waals surface area contributed by atoms with Gasteiger partial charge in [0.2, 0.25) is 5.91 Å². The molecule has 1 N–H and O–H groups in total. The number of likely N-dealkylation sites (tertiary alicyclic amines) is 1. The number of piperidine rings is 1. The van der Waals surface area contributed by atoms with Gasteiger partial charge in [0.25, 0.3) is 0 Å². The largest absolute Gasteiger partial charge is 0.324 e. The maximum atomic E-state index is 12.5. The molecule has 1 aromatic heterocycles.